The van der Waals surface area contributed by atoms with Crippen molar-refractivity contribution in [2.45, 2.75) is 27.3 Å². The Bertz CT molecular complexity index is 1660. The molecule has 212 valence electrons. The van der Waals surface area contributed by atoms with Crippen molar-refractivity contribution in [1.82, 2.24) is 34.3 Å². The van der Waals surface area contributed by atoms with Gasteiger partial charge in [0, 0.05) is 62.0 Å². The first kappa shape index (κ1) is 27.9. The predicted octanol–water partition coefficient (Wildman–Crippen LogP) is 4.63. The first-order chi connectivity index (χ1) is 20.1. The number of anilines is 1. The number of nitrogens with zero attached hydrogens (tertiary/aromatic N) is 8. The Labute approximate surface area is 238 Å². The van der Waals surface area contributed by atoms with E-state index in [1.807, 2.05) is 51.4 Å². The molecule has 11 nitrogen and oxygen atoms in total. The molecule has 5 aromatic rings. The van der Waals surface area contributed by atoms with E-state index in [4.69, 9.17) is 24.4 Å². The third-order valence-electron chi connectivity index (χ3n) is 6.81. The van der Waals surface area contributed by atoms with Crippen LogP contribution in [0, 0.1) is 0 Å². The lowest BCUT2D eigenvalue weighted by Gasteiger charge is -2.28. The second kappa shape index (κ2) is 12.3. The number of imidazole rings is 1. The number of carbonyl (C=O) groups excluding carboxylic acids is 1. The molecule has 1 fully saturated rings. The van der Waals surface area contributed by atoms with Crippen LogP contribution in [0.2, 0.25) is 0 Å². The molecular weight excluding hydrogens is 520 g/mol. The lowest BCUT2D eigenvalue weighted by Crippen LogP contribution is -2.37. The highest BCUT2D eigenvalue weighted by atomic mass is 16.5. The number of esters is 1. The minimum absolute atomic E-state index is 0.421. The van der Waals surface area contributed by atoms with Crippen LogP contribution in [0.25, 0.3) is 45.2 Å². The first-order valence-electron chi connectivity index (χ1n) is 13.8. The molecule has 1 saturated heterocycles. The smallest absolute Gasteiger partial charge is 0.337 e. The zero-order chi connectivity index (χ0) is 28.9. The third-order valence-corrected chi connectivity index (χ3v) is 6.81. The average molecular weight is 555 g/mol. The van der Waals surface area contributed by atoms with Gasteiger partial charge in [-0.15, -0.1) is 0 Å². The van der Waals surface area contributed by atoms with Crippen LogP contribution < -0.4 is 4.90 Å². The van der Waals surface area contributed by atoms with Crippen molar-refractivity contribution in [1.29, 1.82) is 0 Å². The lowest BCUT2D eigenvalue weighted by atomic mass is 10.0. The molecule has 0 amide bonds. The summed E-state index contributed by atoms with van der Waals surface area (Å²) in [5.74, 6) is 1.67. The number of ether oxygens (including phenoxy) is 2. The van der Waals surface area contributed by atoms with Crippen molar-refractivity contribution in [2.24, 2.45) is 7.05 Å². The van der Waals surface area contributed by atoms with Crippen molar-refractivity contribution < 1.29 is 14.3 Å². The third kappa shape index (κ3) is 5.40. The molecule has 4 aromatic heterocycles. The molecule has 1 aromatic carbocycles. The van der Waals surface area contributed by atoms with Gasteiger partial charge >= 0.3 is 5.97 Å². The maximum atomic E-state index is 12.4. The summed E-state index contributed by atoms with van der Waals surface area (Å²) in [6.07, 6.45) is 5.38. The molecule has 0 spiro atoms. The summed E-state index contributed by atoms with van der Waals surface area (Å²) < 4.78 is 14.4. The van der Waals surface area contributed by atoms with Crippen LogP contribution in [0.5, 0.6) is 0 Å². The van der Waals surface area contributed by atoms with Crippen LogP contribution in [0.4, 0.5) is 5.82 Å². The zero-order valence-corrected chi connectivity index (χ0v) is 24.0. The molecule has 5 heterocycles. The van der Waals surface area contributed by atoms with Gasteiger partial charge in [0.25, 0.3) is 0 Å². The van der Waals surface area contributed by atoms with Gasteiger partial charge in [-0.3, -0.25) is 9.67 Å². The van der Waals surface area contributed by atoms with Gasteiger partial charge in [0.2, 0.25) is 0 Å². The van der Waals surface area contributed by atoms with E-state index in [-0.39, 0.29) is 0 Å². The Morgan fingerprint density at radius 3 is 2.41 bits per heavy atom. The average Bonchev–Trinajstić information content (AvgIpc) is 3.65. The van der Waals surface area contributed by atoms with Crippen molar-refractivity contribution in [3.05, 3.63) is 60.6 Å². The molecule has 0 N–H and O–H groups in total. The summed E-state index contributed by atoms with van der Waals surface area (Å²) in [6.45, 7) is 9.36. The van der Waals surface area contributed by atoms with E-state index in [1.165, 1.54) is 7.11 Å². The molecule has 1 aliphatic heterocycles. The van der Waals surface area contributed by atoms with Crippen molar-refractivity contribution in [3.8, 4) is 34.0 Å². The zero-order valence-electron chi connectivity index (χ0n) is 24.0. The highest BCUT2D eigenvalue weighted by molar-refractivity contribution is 5.95. The summed E-state index contributed by atoms with van der Waals surface area (Å²) in [4.78, 5) is 34.0. The largest absolute Gasteiger partial charge is 0.465 e. The van der Waals surface area contributed by atoms with Crippen LogP contribution in [0.3, 0.4) is 0 Å². The number of aromatic nitrogens is 7. The molecular formula is C30H34N8O3. The van der Waals surface area contributed by atoms with Crippen LogP contribution in [-0.2, 0) is 23.1 Å². The monoisotopic (exact) mass is 554 g/mol. The predicted molar refractivity (Wildman–Crippen MR) is 158 cm³/mol. The summed E-state index contributed by atoms with van der Waals surface area (Å²) in [5, 5.41) is 4.60. The number of morpholine rings is 1. The standard InChI is InChI=1S/C28H28N8O3.C2H6/c1-4-36-25(18-7-10-29-11-8-18)30-23-26(35-13-15-39-16-14-35)31-24(32-27(23)36)20-6-5-19(28(37)38-3)17-21(20)22-9-12-34(2)33-22;1-2/h5-12,17H,4,13-16H2,1-3H3;1-2H3. The van der Waals surface area contributed by atoms with Crippen molar-refractivity contribution >= 4 is 23.0 Å². The number of carbonyl (C=O) groups is 1. The summed E-state index contributed by atoms with van der Waals surface area (Å²) >= 11 is 0. The van der Waals surface area contributed by atoms with Crippen LogP contribution in [-0.4, -0.2) is 73.7 Å². The molecule has 6 rings (SSSR count). The SMILES string of the molecule is CC.CCn1c(-c2ccncc2)nc2c(N3CCOCC3)nc(-c3ccc(C(=O)OC)cc3-c3ccn(C)n3)nc21. The molecule has 0 saturated carbocycles. The first-order valence-corrected chi connectivity index (χ1v) is 13.8. The van der Waals surface area contributed by atoms with Gasteiger partial charge in [-0.25, -0.2) is 19.7 Å². The number of hydrogen-bond acceptors (Lipinski definition) is 9. The molecule has 0 atom stereocenters. The van der Waals surface area contributed by atoms with Crippen LogP contribution in [0.1, 0.15) is 31.1 Å². The topological polar surface area (TPSA) is 113 Å². The molecule has 0 radical (unpaired) electrons. The van der Waals surface area contributed by atoms with E-state index in [2.05, 4.69) is 26.5 Å². The number of benzene rings is 1. The van der Waals surface area contributed by atoms with E-state index in [0.29, 0.717) is 49.9 Å². The molecule has 41 heavy (non-hydrogen) atoms. The van der Waals surface area contributed by atoms with Gasteiger partial charge < -0.3 is 18.9 Å². The summed E-state index contributed by atoms with van der Waals surface area (Å²) in [7, 11) is 3.22. The van der Waals surface area contributed by atoms with Crippen molar-refractivity contribution in [3.63, 3.8) is 0 Å². The highest BCUT2D eigenvalue weighted by Crippen LogP contribution is 2.35. The van der Waals surface area contributed by atoms with Gasteiger partial charge in [0.1, 0.15) is 5.82 Å². The fourth-order valence-corrected chi connectivity index (χ4v) is 4.88. The molecule has 1 aliphatic rings. The second-order valence-corrected chi connectivity index (χ2v) is 9.18. The normalized spacial score (nSPS) is 13.1. The number of pyridine rings is 1. The van der Waals surface area contributed by atoms with Crippen LogP contribution >= 0.6 is 0 Å². The Morgan fingerprint density at radius 1 is 1.00 bits per heavy atom. The highest BCUT2D eigenvalue weighted by Gasteiger charge is 2.25. The number of hydrogen-bond donors (Lipinski definition) is 0. The van der Waals surface area contributed by atoms with E-state index in [0.717, 1.165) is 39.5 Å². The molecule has 0 bridgehead atoms. The quantitative estimate of drug-likeness (QED) is 0.277. The fraction of sp³-hybridized carbons (Fsp3) is 0.333. The minimum atomic E-state index is -0.421. The van der Waals surface area contributed by atoms with Crippen LogP contribution in [0.15, 0.2) is 55.0 Å². The Hall–Kier alpha value is -4.64. The van der Waals surface area contributed by atoms with Gasteiger partial charge in [-0.05, 0) is 43.3 Å². The number of rotatable bonds is 6. The fourth-order valence-electron chi connectivity index (χ4n) is 4.88. The van der Waals surface area contributed by atoms with Gasteiger partial charge in [0.05, 0.1) is 31.6 Å². The number of aryl methyl sites for hydroxylation is 2. The Morgan fingerprint density at radius 2 is 1.76 bits per heavy atom. The Balaban J connectivity index is 0.00000165. The maximum Gasteiger partial charge on any atom is 0.337 e. The minimum Gasteiger partial charge on any atom is -0.465 e. The Kier molecular flexibility index (Phi) is 8.34. The van der Waals surface area contributed by atoms with E-state index in [1.54, 1.807) is 29.2 Å². The van der Waals surface area contributed by atoms with Gasteiger partial charge in [-0.2, -0.15) is 5.10 Å². The van der Waals surface area contributed by atoms with E-state index >= 15 is 0 Å². The van der Waals surface area contributed by atoms with Crippen molar-refractivity contribution in [2.75, 3.05) is 38.3 Å². The number of methoxy groups -OCH3 is 1. The van der Waals surface area contributed by atoms with Gasteiger partial charge in [-0.1, -0.05) is 13.8 Å². The summed E-state index contributed by atoms with van der Waals surface area (Å²) in [6, 6.07) is 11.2. The second-order valence-electron chi connectivity index (χ2n) is 9.18. The van der Waals surface area contributed by atoms with E-state index in [9.17, 15) is 4.79 Å². The number of fused-ring (bicyclic) bond motifs is 1. The maximum absolute atomic E-state index is 12.4. The lowest BCUT2D eigenvalue weighted by molar-refractivity contribution is 0.0601. The van der Waals surface area contributed by atoms with Gasteiger partial charge in [0.15, 0.2) is 22.8 Å². The summed E-state index contributed by atoms with van der Waals surface area (Å²) in [5.41, 5.74) is 5.05. The molecule has 11 heteroatoms. The molecule has 0 unspecified atom stereocenters. The molecule has 0 aliphatic carbocycles. The van der Waals surface area contributed by atoms with E-state index < -0.39 is 5.97 Å².